The molecular formula is C14H25N3O. The number of rotatable bonds is 5. The van der Waals surface area contributed by atoms with Gasteiger partial charge in [0.05, 0.1) is 12.3 Å². The van der Waals surface area contributed by atoms with Crippen LogP contribution in [0.2, 0.25) is 0 Å². The highest BCUT2D eigenvalue weighted by Gasteiger charge is 2.43. The molecule has 1 aromatic heterocycles. The second kappa shape index (κ2) is 5.41. The Morgan fingerprint density at radius 2 is 2.44 bits per heavy atom. The molecule has 1 aliphatic rings. The fraction of sp³-hybridized carbons (Fsp3) is 0.786. The van der Waals surface area contributed by atoms with E-state index in [1.165, 1.54) is 0 Å². The van der Waals surface area contributed by atoms with Gasteiger partial charge in [0.25, 0.3) is 0 Å². The molecule has 3 atom stereocenters. The van der Waals surface area contributed by atoms with E-state index in [-0.39, 0.29) is 5.41 Å². The molecule has 0 amide bonds. The topological polar surface area (TPSA) is 64.1 Å². The van der Waals surface area contributed by atoms with E-state index in [0.717, 1.165) is 37.8 Å². The van der Waals surface area contributed by atoms with E-state index in [4.69, 9.17) is 5.73 Å². The number of hydrogen-bond donors (Lipinski definition) is 2. The molecule has 3 unspecified atom stereocenters. The van der Waals surface area contributed by atoms with Crippen molar-refractivity contribution in [2.24, 2.45) is 17.1 Å². The Balaban J connectivity index is 2.15. The van der Waals surface area contributed by atoms with Gasteiger partial charge < -0.3 is 10.8 Å². The van der Waals surface area contributed by atoms with Gasteiger partial charge in [0.1, 0.15) is 0 Å². The smallest absolute Gasteiger partial charge is 0.0888 e. The van der Waals surface area contributed by atoms with Crippen LogP contribution in [0.25, 0.3) is 0 Å². The van der Waals surface area contributed by atoms with Gasteiger partial charge in [-0.05, 0) is 25.2 Å². The second-order valence-corrected chi connectivity index (χ2v) is 5.85. The number of aromatic nitrogens is 2. The summed E-state index contributed by atoms with van der Waals surface area (Å²) in [6.45, 7) is 5.82. The summed E-state index contributed by atoms with van der Waals surface area (Å²) in [4.78, 5) is 0. The monoisotopic (exact) mass is 251 g/mol. The molecule has 4 heteroatoms. The predicted molar refractivity (Wildman–Crippen MR) is 72.0 cm³/mol. The third-order valence-electron chi connectivity index (χ3n) is 4.30. The normalized spacial score (nSPS) is 29.7. The minimum atomic E-state index is -0.474. The van der Waals surface area contributed by atoms with Crippen LogP contribution in [0.4, 0.5) is 0 Å². The van der Waals surface area contributed by atoms with E-state index >= 15 is 0 Å². The molecule has 0 aromatic carbocycles. The average molecular weight is 251 g/mol. The van der Waals surface area contributed by atoms with E-state index in [1.807, 2.05) is 10.9 Å². The van der Waals surface area contributed by atoms with Crippen LogP contribution in [0.3, 0.4) is 0 Å². The van der Waals surface area contributed by atoms with Gasteiger partial charge in [-0.25, -0.2) is 0 Å². The van der Waals surface area contributed by atoms with Gasteiger partial charge in [0.2, 0.25) is 0 Å². The van der Waals surface area contributed by atoms with Crippen LogP contribution < -0.4 is 5.73 Å². The van der Waals surface area contributed by atoms with Crippen molar-refractivity contribution < 1.29 is 5.11 Å². The number of hydrogen-bond acceptors (Lipinski definition) is 3. The fourth-order valence-electron chi connectivity index (χ4n) is 3.20. The Bertz CT molecular complexity index is 390. The fourth-order valence-corrected chi connectivity index (χ4v) is 3.20. The van der Waals surface area contributed by atoms with Crippen LogP contribution in [-0.2, 0) is 6.54 Å². The number of aliphatic hydroxyl groups is 1. The van der Waals surface area contributed by atoms with Gasteiger partial charge in [-0.2, -0.15) is 5.10 Å². The van der Waals surface area contributed by atoms with Crippen LogP contribution >= 0.6 is 0 Å². The third kappa shape index (κ3) is 2.45. The average Bonchev–Trinajstić information content (AvgIpc) is 2.96. The summed E-state index contributed by atoms with van der Waals surface area (Å²) in [6.07, 6.45) is 7.54. The highest BCUT2D eigenvalue weighted by Crippen LogP contribution is 2.49. The van der Waals surface area contributed by atoms with E-state index < -0.39 is 6.10 Å². The molecule has 1 heterocycles. The van der Waals surface area contributed by atoms with Crippen LogP contribution in [0, 0.1) is 11.3 Å². The largest absolute Gasteiger partial charge is 0.388 e. The van der Waals surface area contributed by atoms with Crippen molar-refractivity contribution in [1.82, 2.24) is 9.78 Å². The molecule has 3 N–H and O–H groups in total. The van der Waals surface area contributed by atoms with Gasteiger partial charge in [-0.15, -0.1) is 0 Å². The quantitative estimate of drug-likeness (QED) is 0.842. The lowest BCUT2D eigenvalue weighted by atomic mass is 9.77. The molecule has 0 aliphatic heterocycles. The van der Waals surface area contributed by atoms with Crippen molar-refractivity contribution in [2.45, 2.75) is 52.2 Å². The zero-order chi connectivity index (χ0) is 13.2. The lowest BCUT2D eigenvalue weighted by Gasteiger charge is -2.32. The molecule has 1 saturated carbocycles. The first kappa shape index (κ1) is 13.6. The highest BCUT2D eigenvalue weighted by molar-refractivity contribution is 5.14. The van der Waals surface area contributed by atoms with Gasteiger partial charge in [0, 0.05) is 30.3 Å². The Kier molecular flexibility index (Phi) is 4.07. The number of nitrogens with two attached hydrogens (primary N) is 1. The minimum absolute atomic E-state index is 0.139. The van der Waals surface area contributed by atoms with E-state index in [9.17, 15) is 5.11 Å². The molecule has 0 radical (unpaired) electrons. The van der Waals surface area contributed by atoms with E-state index in [2.05, 4.69) is 18.9 Å². The molecule has 0 spiro atoms. The lowest BCUT2D eigenvalue weighted by molar-refractivity contribution is 0.0307. The van der Waals surface area contributed by atoms with Crippen LogP contribution in [0.15, 0.2) is 12.4 Å². The molecule has 102 valence electrons. The third-order valence-corrected chi connectivity index (χ3v) is 4.30. The summed E-state index contributed by atoms with van der Waals surface area (Å²) in [5.41, 5.74) is 6.73. The molecule has 1 fully saturated rings. The molecule has 1 aliphatic carbocycles. The van der Waals surface area contributed by atoms with Crippen molar-refractivity contribution in [3.05, 3.63) is 18.0 Å². The summed E-state index contributed by atoms with van der Waals surface area (Å²) in [5.74, 6) is 0.661. The summed E-state index contributed by atoms with van der Waals surface area (Å²) in [7, 11) is 0. The first-order valence-corrected chi connectivity index (χ1v) is 7.02. The summed E-state index contributed by atoms with van der Waals surface area (Å²) in [5, 5.41) is 14.9. The van der Waals surface area contributed by atoms with E-state index in [0.29, 0.717) is 12.5 Å². The summed E-state index contributed by atoms with van der Waals surface area (Å²) in [6, 6.07) is 0. The van der Waals surface area contributed by atoms with Gasteiger partial charge in [-0.1, -0.05) is 20.3 Å². The predicted octanol–water partition coefficient (Wildman–Crippen LogP) is 2.09. The highest BCUT2D eigenvalue weighted by atomic mass is 16.3. The maximum atomic E-state index is 10.6. The molecular weight excluding hydrogens is 226 g/mol. The summed E-state index contributed by atoms with van der Waals surface area (Å²) < 4.78 is 1.90. The van der Waals surface area contributed by atoms with Gasteiger partial charge in [0.15, 0.2) is 0 Å². The zero-order valence-corrected chi connectivity index (χ0v) is 11.5. The maximum absolute atomic E-state index is 10.6. The van der Waals surface area contributed by atoms with Crippen LogP contribution in [0.1, 0.15) is 51.2 Å². The molecule has 0 saturated heterocycles. The standard InChI is InChI=1S/C14H25N3O/c1-3-6-17-9-12(8-16-17)13(18)14(10-15)5-4-11(2)7-14/h8-9,11,13,18H,3-7,10,15H2,1-2H3. The number of aryl methyl sites for hydroxylation is 1. The number of nitrogens with zero attached hydrogens (tertiary/aromatic N) is 2. The van der Waals surface area contributed by atoms with Crippen LogP contribution in [0.5, 0.6) is 0 Å². The lowest BCUT2D eigenvalue weighted by Crippen LogP contribution is -2.34. The maximum Gasteiger partial charge on any atom is 0.0888 e. The second-order valence-electron chi connectivity index (χ2n) is 5.85. The first-order chi connectivity index (χ1) is 8.61. The zero-order valence-electron chi connectivity index (χ0n) is 11.5. The minimum Gasteiger partial charge on any atom is -0.388 e. The Morgan fingerprint density at radius 1 is 1.67 bits per heavy atom. The van der Waals surface area contributed by atoms with Crippen LogP contribution in [-0.4, -0.2) is 21.4 Å². The van der Waals surface area contributed by atoms with Crippen molar-refractivity contribution in [2.75, 3.05) is 6.54 Å². The Labute approximate surface area is 109 Å². The van der Waals surface area contributed by atoms with Crippen molar-refractivity contribution >= 4 is 0 Å². The Hall–Kier alpha value is -0.870. The van der Waals surface area contributed by atoms with Gasteiger partial charge >= 0.3 is 0 Å². The molecule has 0 bridgehead atoms. The molecule has 2 rings (SSSR count). The van der Waals surface area contributed by atoms with Crippen molar-refractivity contribution in [3.63, 3.8) is 0 Å². The first-order valence-electron chi connectivity index (χ1n) is 7.02. The van der Waals surface area contributed by atoms with E-state index in [1.54, 1.807) is 6.20 Å². The number of aliphatic hydroxyl groups excluding tert-OH is 1. The van der Waals surface area contributed by atoms with Gasteiger partial charge in [-0.3, -0.25) is 4.68 Å². The van der Waals surface area contributed by atoms with Crippen molar-refractivity contribution in [1.29, 1.82) is 0 Å². The Morgan fingerprint density at radius 3 is 3.00 bits per heavy atom. The molecule has 1 aromatic rings. The molecule has 4 nitrogen and oxygen atoms in total. The molecule has 18 heavy (non-hydrogen) atoms. The van der Waals surface area contributed by atoms with Crippen molar-refractivity contribution in [3.8, 4) is 0 Å². The SMILES string of the molecule is CCCn1cc(C(O)C2(CN)CCC(C)C2)cn1. The summed E-state index contributed by atoms with van der Waals surface area (Å²) >= 11 is 0.